The fraction of sp³-hybridized carbons (Fsp3) is 0.429. The van der Waals surface area contributed by atoms with Gasteiger partial charge in [-0.25, -0.2) is 14.0 Å². The molecule has 0 fully saturated rings. The molecule has 5 nitrogen and oxygen atoms in total. The maximum atomic E-state index is 13.6. The van der Waals surface area contributed by atoms with Gasteiger partial charge in [-0.05, 0) is 18.4 Å². The minimum Gasteiger partial charge on any atom is -0.480 e. The second-order valence-electron chi connectivity index (χ2n) is 5.06. The molecule has 0 saturated heterocycles. The van der Waals surface area contributed by atoms with Crippen LogP contribution in [0, 0.1) is 11.7 Å². The third-order valence-electron chi connectivity index (χ3n) is 2.78. The van der Waals surface area contributed by atoms with Crippen molar-refractivity contribution in [1.82, 2.24) is 10.6 Å². The summed E-state index contributed by atoms with van der Waals surface area (Å²) in [7, 11) is 0. The zero-order valence-corrected chi connectivity index (χ0v) is 12.6. The van der Waals surface area contributed by atoms with Crippen LogP contribution in [0.3, 0.4) is 0 Å². The largest absolute Gasteiger partial charge is 0.480 e. The van der Waals surface area contributed by atoms with Crippen LogP contribution in [0.25, 0.3) is 0 Å². The van der Waals surface area contributed by atoms with Gasteiger partial charge in [0.1, 0.15) is 11.9 Å². The monoisotopic (exact) mass is 316 g/mol. The van der Waals surface area contributed by atoms with Crippen LogP contribution in [0.2, 0.25) is 5.02 Å². The van der Waals surface area contributed by atoms with Crippen LogP contribution < -0.4 is 10.6 Å². The Kier molecular flexibility index (Phi) is 6.42. The van der Waals surface area contributed by atoms with E-state index in [1.54, 1.807) is 6.07 Å². The third-order valence-corrected chi connectivity index (χ3v) is 3.07. The van der Waals surface area contributed by atoms with Crippen molar-refractivity contribution in [1.29, 1.82) is 0 Å². The van der Waals surface area contributed by atoms with Crippen LogP contribution in [0.4, 0.5) is 9.18 Å². The van der Waals surface area contributed by atoms with Crippen LogP contribution in [0.5, 0.6) is 0 Å². The van der Waals surface area contributed by atoms with Crippen molar-refractivity contribution >= 4 is 23.6 Å². The fourth-order valence-corrected chi connectivity index (χ4v) is 1.96. The molecule has 1 aromatic carbocycles. The van der Waals surface area contributed by atoms with Gasteiger partial charge >= 0.3 is 12.0 Å². The normalized spacial score (nSPS) is 12.0. The predicted octanol–water partition coefficient (Wildman–Crippen LogP) is 2.78. The molecule has 1 atom stereocenters. The van der Waals surface area contributed by atoms with Gasteiger partial charge in [0.2, 0.25) is 0 Å². The molecule has 1 aromatic rings. The SMILES string of the molecule is CC(C)CC(NC(=O)NCc1cccc(Cl)c1F)C(=O)O. The average Bonchev–Trinajstić information content (AvgIpc) is 2.39. The van der Waals surface area contributed by atoms with E-state index < -0.39 is 23.9 Å². The van der Waals surface area contributed by atoms with Crippen LogP contribution >= 0.6 is 11.6 Å². The second-order valence-corrected chi connectivity index (χ2v) is 5.47. The van der Waals surface area contributed by atoms with Gasteiger partial charge in [-0.1, -0.05) is 37.6 Å². The van der Waals surface area contributed by atoms with Gasteiger partial charge in [-0.3, -0.25) is 0 Å². The summed E-state index contributed by atoms with van der Waals surface area (Å²) in [5, 5.41) is 13.7. The zero-order chi connectivity index (χ0) is 16.0. The number of halogens is 2. The number of amides is 2. The highest BCUT2D eigenvalue weighted by Gasteiger charge is 2.21. The van der Waals surface area contributed by atoms with Crippen LogP contribution in [-0.2, 0) is 11.3 Å². The van der Waals surface area contributed by atoms with Gasteiger partial charge in [0, 0.05) is 12.1 Å². The number of benzene rings is 1. The van der Waals surface area contributed by atoms with Crippen molar-refractivity contribution in [3.05, 3.63) is 34.6 Å². The Balaban J connectivity index is 2.57. The second kappa shape index (κ2) is 7.83. The lowest BCUT2D eigenvalue weighted by Gasteiger charge is -2.17. The first-order valence-corrected chi connectivity index (χ1v) is 6.89. The number of aliphatic carboxylic acids is 1. The Bertz CT molecular complexity index is 523. The molecule has 1 unspecified atom stereocenters. The summed E-state index contributed by atoms with van der Waals surface area (Å²) in [6, 6.07) is 2.82. The molecule has 0 aromatic heterocycles. The Labute approximate surface area is 127 Å². The summed E-state index contributed by atoms with van der Waals surface area (Å²) >= 11 is 5.63. The van der Waals surface area contributed by atoms with E-state index in [0.29, 0.717) is 6.42 Å². The molecule has 0 heterocycles. The summed E-state index contributed by atoms with van der Waals surface area (Å²) in [6.07, 6.45) is 0.314. The van der Waals surface area contributed by atoms with Crippen LogP contribution in [0.1, 0.15) is 25.8 Å². The maximum absolute atomic E-state index is 13.6. The Morgan fingerprint density at radius 3 is 2.62 bits per heavy atom. The molecule has 2 amide bonds. The Hall–Kier alpha value is -1.82. The third kappa shape index (κ3) is 5.59. The summed E-state index contributed by atoms with van der Waals surface area (Å²) < 4.78 is 13.6. The molecule has 0 spiro atoms. The van der Waals surface area contributed by atoms with E-state index >= 15 is 0 Å². The van der Waals surface area contributed by atoms with Crippen molar-refractivity contribution in [2.24, 2.45) is 5.92 Å². The molecule has 0 saturated carbocycles. The van der Waals surface area contributed by atoms with Crippen molar-refractivity contribution in [2.45, 2.75) is 32.9 Å². The van der Waals surface area contributed by atoms with Crippen molar-refractivity contribution < 1.29 is 19.1 Å². The van der Waals surface area contributed by atoms with E-state index in [1.165, 1.54) is 12.1 Å². The van der Waals surface area contributed by atoms with E-state index in [1.807, 2.05) is 13.8 Å². The smallest absolute Gasteiger partial charge is 0.326 e. The van der Waals surface area contributed by atoms with Gasteiger partial charge in [-0.15, -0.1) is 0 Å². The molecular formula is C14H18ClFN2O3. The van der Waals surface area contributed by atoms with Gasteiger partial charge in [0.05, 0.1) is 5.02 Å². The minimum atomic E-state index is -1.10. The molecule has 3 N–H and O–H groups in total. The van der Waals surface area contributed by atoms with Gasteiger partial charge in [0.15, 0.2) is 0 Å². The first kappa shape index (κ1) is 17.2. The summed E-state index contributed by atoms with van der Waals surface area (Å²) in [5.74, 6) is -1.58. The molecule has 0 radical (unpaired) electrons. The molecule has 116 valence electrons. The molecule has 1 rings (SSSR count). The van der Waals surface area contributed by atoms with E-state index in [9.17, 15) is 14.0 Å². The Morgan fingerprint density at radius 1 is 1.38 bits per heavy atom. The van der Waals surface area contributed by atoms with Gasteiger partial charge in [-0.2, -0.15) is 0 Å². The van der Waals surface area contributed by atoms with Crippen molar-refractivity contribution in [2.75, 3.05) is 0 Å². The average molecular weight is 317 g/mol. The van der Waals surface area contributed by atoms with E-state index in [2.05, 4.69) is 10.6 Å². The predicted molar refractivity (Wildman–Crippen MR) is 77.7 cm³/mol. The number of carbonyl (C=O) groups is 2. The van der Waals surface area contributed by atoms with Crippen molar-refractivity contribution in [3.8, 4) is 0 Å². The first-order valence-electron chi connectivity index (χ1n) is 6.51. The lowest BCUT2D eigenvalue weighted by atomic mass is 10.0. The molecule has 0 bridgehead atoms. The number of hydrogen-bond donors (Lipinski definition) is 3. The first-order chi connectivity index (χ1) is 9.81. The molecule has 0 aliphatic carbocycles. The molecule has 0 aliphatic heterocycles. The zero-order valence-electron chi connectivity index (χ0n) is 11.8. The van der Waals surface area contributed by atoms with E-state index in [-0.39, 0.29) is 23.0 Å². The highest BCUT2D eigenvalue weighted by molar-refractivity contribution is 6.30. The highest BCUT2D eigenvalue weighted by Crippen LogP contribution is 2.17. The van der Waals surface area contributed by atoms with Crippen LogP contribution in [0.15, 0.2) is 18.2 Å². The fourth-order valence-electron chi connectivity index (χ4n) is 1.76. The highest BCUT2D eigenvalue weighted by atomic mass is 35.5. The number of carboxylic acids is 1. The number of carboxylic acid groups (broad SMARTS) is 1. The topological polar surface area (TPSA) is 78.4 Å². The number of rotatable bonds is 6. The minimum absolute atomic E-state index is 0.0297. The van der Waals surface area contributed by atoms with E-state index in [4.69, 9.17) is 16.7 Å². The maximum Gasteiger partial charge on any atom is 0.326 e. The van der Waals surface area contributed by atoms with Gasteiger partial charge < -0.3 is 15.7 Å². The molecule has 21 heavy (non-hydrogen) atoms. The summed E-state index contributed by atoms with van der Waals surface area (Å²) in [6.45, 7) is 3.64. The number of carbonyl (C=O) groups excluding carboxylic acids is 1. The lowest BCUT2D eigenvalue weighted by molar-refractivity contribution is -0.139. The molecule has 0 aliphatic rings. The van der Waals surface area contributed by atoms with E-state index in [0.717, 1.165) is 0 Å². The number of nitrogens with one attached hydrogen (secondary N) is 2. The molecule has 7 heteroatoms. The Morgan fingerprint density at radius 2 is 2.05 bits per heavy atom. The lowest BCUT2D eigenvalue weighted by Crippen LogP contribution is -2.46. The van der Waals surface area contributed by atoms with Crippen LogP contribution in [-0.4, -0.2) is 23.1 Å². The van der Waals surface area contributed by atoms with Crippen molar-refractivity contribution in [3.63, 3.8) is 0 Å². The summed E-state index contributed by atoms with van der Waals surface area (Å²) in [4.78, 5) is 22.7. The quantitative estimate of drug-likeness (QED) is 0.755. The standard InChI is InChI=1S/C14H18ClFN2O3/c1-8(2)6-11(13(19)20)18-14(21)17-7-9-4-3-5-10(15)12(9)16/h3-5,8,11H,6-7H2,1-2H3,(H,19,20)(H2,17,18,21). The molecular weight excluding hydrogens is 299 g/mol. The van der Waals surface area contributed by atoms with Gasteiger partial charge in [0.25, 0.3) is 0 Å². The summed E-state index contributed by atoms with van der Waals surface area (Å²) in [5.41, 5.74) is 0.230. The number of urea groups is 1. The number of hydrogen-bond acceptors (Lipinski definition) is 2.